The predicted molar refractivity (Wildman–Crippen MR) is 110 cm³/mol. The van der Waals surface area contributed by atoms with Crippen LogP contribution in [0.2, 0.25) is 0 Å². The molecule has 4 heterocycles. The Kier molecular flexibility index (Phi) is 5.07. The quantitative estimate of drug-likeness (QED) is 0.695. The number of anilines is 1. The van der Waals surface area contributed by atoms with Gasteiger partial charge >= 0.3 is 0 Å². The van der Waals surface area contributed by atoms with Crippen LogP contribution >= 0.6 is 0 Å². The van der Waals surface area contributed by atoms with E-state index in [4.69, 9.17) is 4.98 Å². The van der Waals surface area contributed by atoms with Gasteiger partial charge in [0.15, 0.2) is 0 Å². The van der Waals surface area contributed by atoms with E-state index < -0.39 is 0 Å². The highest BCUT2D eigenvalue weighted by Crippen LogP contribution is 2.28. The van der Waals surface area contributed by atoms with Gasteiger partial charge < -0.3 is 4.90 Å². The van der Waals surface area contributed by atoms with Crippen LogP contribution in [0.4, 0.5) is 5.82 Å². The minimum atomic E-state index is 0.0473. The van der Waals surface area contributed by atoms with Crippen LogP contribution < -0.4 is 10.5 Å². The number of fused-ring (bicyclic) bond motifs is 1. The van der Waals surface area contributed by atoms with Crippen molar-refractivity contribution < 1.29 is 0 Å². The molecule has 0 aromatic carbocycles. The van der Waals surface area contributed by atoms with Gasteiger partial charge in [0.2, 0.25) is 0 Å². The van der Waals surface area contributed by atoms with Crippen molar-refractivity contribution in [2.75, 3.05) is 18.0 Å². The van der Waals surface area contributed by atoms with E-state index in [-0.39, 0.29) is 11.5 Å². The third kappa shape index (κ3) is 3.74. The molecule has 0 amide bonds. The SMILES string of the molecule is Cc1nc(N2CCC(Cn3cnc(C(C)C)cc3=O)CC2)c2ccncc2n1. The van der Waals surface area contributed by atoms with Gasteiger partial charge in [0.1, 0.15) is 11.6 Å². The van der Waals surface area contributed by atoms with Crippen molar-refractivity contribution >= 4 is 16.7 Å². The molecule has 0 N–H and O–H groups in total. The zero-order chi connectivity index (χ0) is 19.7. The van der Waals surface area contributed by atoms with Crippen molar-refractivity contribution in [1.29, 1.82) is 0 Å². The number of aromatic nitrogens is 5. The van der Waals surface area contributed by atoms with Gasteiger partial charge in [0, 0.05) is 37.3 Å². The third-order valence-electron chi connectivity index (χ3n) is 5.45. The molecule has 0 spiro atoms. The van der Waals surface area contributed by atoms with Gasteiger partial charge in [0.25, 0.3) is 5.56 Å². The molecule has 3 aromatic rings. The van der Waals surface area contributed by atoms with Crippen LogP contribution in [-0.4, -0.2) is 37.6 Å². The van der Waals surface area contributed by atoms with Gasteiger partial charge in [0.05, 0.1) is 23.7 Å². The van der Waals surface area contributed by atoms with E-state index in [1.54, 1.807) is 29.4 Å². The van der Waals surface area contributed by atoms with E-state index >= 15 is 0 Å². The van der Waals surface area contributed by atoms with Crippen LogP contribution in [0.1, 0.15) is 44.1 Å². The summed E-state index contributed by atoms with van der Waals surface area (Å²) in [5.74, 6) is 2.49. The number of rotatable bonds is 4. The first kappa shape index (κ1) is 18.5. The first-order valence-electron chi connectivity index (χ1n) is 9.91. The molecule has 1 aliphatic rings. The Bertz CT molecular complexity index is 1040. The molecule has 0 radical (unpaired) electrons. The Morgan fingerprint density at radius 3 is 2.71 bits per heavy atom. The molecule has 7 nitrogen and oxygen atoms in total. The van der Waals surface area contributed by atoms with E-state index in [9.17, 15) is 4.79 Å². The zero-order valence-electron chi connectivity index (χ0n) is 16.7. The lowest BCUT2D eigenvalue weighted by Crippen LogP contribution is -2.37. The average molecular weight is 378 g/mol. The highest BCUT2D eigenvalue weighted by atomic mass is 16.1. The normalized spacial score (nSPS) is 15.5. The van der Waals surface area contributed by atoms with Crippen molar-refractivity contribution in [2.45, 2.75) is 46.1 Å². The van der Waals surface area contributed by atoms with Crippen LogP contribution in [0.5, 0.6) is 0 Å². The number of nitrogens with zero attached hydrogens (tertiary/aromatic N) is 6. The van der Waals surface area contributed by atoms with Crippen LogP contribution in [-0.2, 0) is 6.54 Å². The van der Waals surface area contributed by atoms with Gasteiger partial charge in [-0.05, 0) is 37.7 Å². The lowest BCUT2D eigenvalue weighted by molar-refractivity contribution is 0.350. The van der Waals surface area contributed by atoms with Crippen LogP contribution in [0.15, 0.2) is 35.6 Å². The standard InChI is InChI=1S/C21H26N6O/c1-14(2)18-10-20(28)27(13-23-18)12-16-5-8-26(9-6-16)21-17-4-7-22-11-19(17)24-15(3)25-21/h4,7,10-11,13-14,16H,5-6,8-9,12H2,1-3H3. The molecule has 1 saturated heterocycles. The number of pyridine rings is 1. The number of hydrogen-bond acceptors (Lipinski definition) is 6. The van der Waals surface area contributed by atoms with E-state index in [1.807, 2.05) is 13.0 Å². The Morgan fingerprint density at radius 1 is 1.21 bits per heavy atom. The topological polar surface area (TPSA) is 76.8 Å². The molecule has 1 fully saturated rings. The van der Waals surface area contributed by atoms with E-state index in [2.05, 4.69) is 33.7 Å². The Hall–Kier alpha value is -2.83. The Balaban J connectivity index is 1.47. The van der Waals surface area contributed by atoms with Crippen molar-refractivity contribution in [3.63, 3.8) is 0 Å². The smallest absolute Gasteiger partial charge is 0.253 e. The van der Waals surface area contributed by atoms with E-state index in [0.717, 1.165) is 60.7 Å². The summed E-state index contributed by atoms with van der Waals surface area (Å²) in [4.78, 5) is 32.5. The van der Waals surface area contributed by atoms with E-state index in [0.29, 0.717) is 5.92 Å². The van der Waals surface area contributed by atoms with Gasteiger partial charge in [-0.25, -0.2) is 15.0 Å². The molecule has 0 bridgehead atoms. The van der Waals surface area contributed by atoms with Crippen molar-refractivity contribution in [3.05, 3.63) is 52.7 Å². The van der Waals surface area contributed by atoms with E-state index in [1.165, 1.54) is 0 Å². The molecular formula is C21H26N6O. The second-order valence-electron chi connectivity index (χ2n) is 7.88. The minimum Gasteiger partial charge on any atom is -0.356 e. The summed E-state index contributed by atoms with van der Waals surface area (Å²) in [6, 6.07) is 3.65. The third-order valence-corrected chi connectivity index (χ3v) is 5.45. The molecule has 146 valence electrons. The second-order valence-corrected chi connectivity index (χ2v) is 7.88. The largest absolute Gasteiger partial charge is 0.356 e. The minimum absolute atomic E-state index is 0.0473. The van der Waals surface area contributed by atoms with Gasteiger partial charge in [-0.15, -0.1) is 0 Å². The molecule has 0 aliphatic carbocycles. The summed E-state index contributed by atoms with van der Waals surface area (Å²) in [7, 11) is 0. The van der Waals surface area contributed by atoms with Crippen molar-refractivity contribution in [1.82, 2.24) is 24.5 Å². The van der Waals surface area contributed by atoms with Crippen LogP contribution in [0.25, 0.3) is 10.9 Å². The van der Waals surface area contributed by atoms with Crippen molar-refractivity contribution in [3.8, 4) is 0 Å². The number of aryl methyl sites for hydroxylation is 1. The number of piperidine rings is 1. The molecular weight excluding hydrogens is 352 g/mol. The molecule has 0 atom stereocenters. The highest BCUT2D eigenvalue weighted by Gasteiger charge is 2.23. The van der Waals surface area contributed by atoms with Gasteiger partial charge in [-0.1, -0.05) is 13.8 Å². The molecule has 4 rings (SSSR count). The second kappa shape index (κ2) is 7.66. The summed E-state index contributed by atoms with van der Waals surface area (Å²) >= 11 is 0. The number of hydrogen-bond donors (Lipinski definition) is 0. The lowest BCUT2D eigenvalue weighted by atomic mass is 9.96. The first-order valence-corrected chi connectivity index (χ1v) is 9.91. The maximum absolute atomic E-state index is 12.4. The Labute approximate surface area is 164 Å². The summed E-state index contributed by atoms with van der Waals surface area (Å²) in [5.41, 5.74) is 1.79. The summed E-state index contributed by atoms with van der Waals surface area (Å²) < 4.78 is 1.75. The molecule has 3 aromatic heterocycles. The maximum Gasteiger partial charge on any atom is 0.253 e. The molecule has 7 heteroatoms. The fourth-order valence-corrected chi connectivity index (χ4v) is 3.82. The first-order chi connectivity index (χ1) is 13.5. The molecule has 1 aliphatic heterocycles. The predicted octanol–water partition coefficient (Wildman–Crippen LogP) is 2.93. The highest BCUT2D eigenvalue weighted by molar-refractivity contribution is 5.88. The fourth-order valence-electron chi connectivity index (χ4n) is 3.82. The summed E-state index contributed by atoms with van der Waals surface area (Å²) in [5, 5.41) is 1.05. The molecule has 0 unspecified atom stereocenters. The van der Waals surface area contributed by atoms with Crippen LogP contribution in [0.3, 0.4) is 0 Å². The van der Waals surface area contributed by atoms with Gasteiger partial charge in [-0.2, -0.15) is 0 Å². The molecule has 0 saturated carbocycles. The van der Waals surface area contributed by atoms with Crippen molar-refractivity contribution in [2.24, 2.45) is 5.92 Å². The lowest BCUT2D eigenvalue weighted by Gasteiger charge is -2.33. The molecule has 28 heavy (non-hydrogen) atoms. The average Bonchev–Trinajstić information content (AvgIpc) is 2.69. The zero-order valence-corrected chi connectivity index (χ0v) is 16.7. The fraction of sp³-hybridized carbons (Fsp3) is 0.476. The van der Waals surface area contributed by atoms with Gasteiger partial charge in [-0.3, -0.25) is 14.3 Å². The Morgan fingerprint density at radius 2 is 2.00 bits per heavy atom. The maximum atomic E-state index is 12.4. The summed E-state index contributed by atoms with van der Waals surface area (Å²) in [6.45, 7) is 8.59. The monoisotopic (exact) mass is 378 g/mol. The van der Waals surface area contributed by atoms with Crippen LogP contribution in [0, 0.1) is 12.8 Å². The summed E-state index contributed by atoms with van der Waals surface area (Å²) in [6.07, 6.45) is 7.33.